The largest absolute Gasteiger partial charge is 0.491 e. The van der Waals surface area contributed by atoms with Crippen molar-refractivity contribution in [3.63, 3.8) is 0 Å². The Morgan fingerprint density at radius 1 is 1.24 bits per heavy atom. The van der Waals surface area contributed by atoms with Gasteiger partial charge in [-0.25, -0.2) is 18.7 Å². The van der Waals surface area contributed by atoms with E-state index in [-0.39, 0.29) is 17.6 Å². The maximum Gasteiger partial charge on any atom is 0.250 e. The minimum Gasteiger partial charge on any atom is -0.491 e. The molecule has 1 aromatic carbocycles. The minimum atomic E-state index is -2.60. The zero-order valence-electron chi connectivity index (χ0n) is 16.9. The molecule has 3 aromatic heterocycles. The van der Waals surface area contributed by atoms with Crippen molar-refractivity contribution in [2.75, 3.05) is 18.9 Å². The molecule has 4 aromatic rings. The zero-order valence-corrected chi connectivity index (χ0v) is 19.2. The third-order valence-electron chi connectivity index (χ3n) is 4.56. The standard InChI is InChI=1S/C20H18Cl2F2N6O2S/c21-10-6-12(22)16(13(7-10)32-5-4-30-3-1-2-27-30)17-11-8-14(18(31)26-9-15(23)24)33-19(11)29-20(25)28-17/h1-3,6-8,15,18,26,31H,4-5,9H2,(H2,25,28,29). The topological polar surface area (TPSA) is 111 Å². The number of aliphatic hydroxyl groups is 1. The summed E-state index contributed by atoms with van der Waals surface area (Å²) in [6, 6.07) is 6.58. The third kappa shape index (κ3) is 5.50. The molecule has 174 valence electrons. The van der Waals surface area contributed by atoms with Gasteiger partial charge in [0.2, 0.25) is 5.95 Å². The third-order valence-corrected chi connectivity index (χ3v) is 6.15. The first kappa shape index (κ1) is 23.6. The number of anilines is 1. The molecule has 13 heteroatoms. The van der Waals surface area contributed by atoms with Gasteiger partial charge in [-0.05, 0) is 24.3 Å². The molecule has 4 rings (SSSR count). The van der Waals surface area contributed by atoms with Gasteiger partial charge in [0, 0.05) is 22.8 Å². The number of aromatic nitrogens is 4. The number of hydrogen-bond acceptors (Lipinski definition) is 8. The van der Waals surface area contributed by atoms with Crippen LogP contribution < -0.4 is 15.8 Å². The summed E-state index contributed by atoms with van der Waals surface area (Å²) in [5.74, 6) is 0.359. The first-order valence-electron chi connectivity index (χ1n) is 9.68. The zero-order chi connectivity index (χ0) is 23.5. The lowest BCUT2D eigenvalue weighted by atomic mass is 10.1. The molecule has 0 amide bonds. The van der Waals surface area contributed by atoms with E-state index in [2.05, 4.69) is 20.4 Å². The number of alkyl halides is 2. The Morgan fingerprint density at radius 2 is 2.06 bits per heavy atom. The van der Waals surface area contributed by atoms with Gasteiger partial charge in [0.05, 0.1) is 34.2 Å². The summed E-state index contributed by atoms with van der Waals surface area (Å²) in [5.41, 5.74) is 6.74. The molecule has 33 heavy (non-hydrogen) atoms. The molecule has 0 aliphatic carbocycles. The van der Waals surface area contributed by atoms with Crippen LogP contribution in [0.2, 0.25) is 10.0 Å². The number of benzene rings is 1. The van der Waals surface area contributed by atoms with E-state index in [1.807, 2.05) is 6.20 Å². The van der Waals surface area contributed by atoms with E-state index in [0.717, 1.165) is 11.3 Å². The highest BCUT2D eigenvalue weighted by Gasteiger charge is 2.22. The molecule has 0 saturated carbocycles. The van der Waals surface area contributed by atoms with Crippen molar-refractivity contribution in [1.29, 1.82) is 0 Å². The predicted octanol–water partition coefficient (Wildman–Crippen LogP) is 4.37. The minimum absolute atomic E-state index is 0.0190. The van der Waals surface area contributed by atoms with Crippen LogP contribution in [0.5, 0.6) is 5.75 Å². The molecule has 0 radical (unpaired) electrons. The van der Waals surface area contributed by atoms with E-state index < -0.39 is 19.2 Å². The lowest BCUT2D eigenvalue weighted by Gasteiger charge is -2.14. The van der Waals surface area contributed by atoms with Gasteiger partial charge in [0.15, 0.2) is 0 Å². The Hall–Kier alpha value is -2.57. The number of nitrogens with one attached hydrogen (secondary N) is 1. The van der Waals surface area contributed by atoms with E-state index in [9.17, 15) is 13.9 Å². The van der Waals surface area contributed by atoms with E-state index in [0.29, 0.717) is 43.7 Å². The summed E-state index contributed by atoms with van der Waals surface area (Å²) in [5, 5.41) is 17.9. The van der Waals surface area contributed by atoms with Crippen LogP contribution in [0.3, 0.4) is 0 Å². The van der Waals surface area contributed by atoms with Crippen LogP contribution in [0.25, 0.3) is 21.5 Å². The number of nitrogens with two attached hydrogens (primary N) is 1. The van der Waals surface area contributed by atoms with E-state index >= 15 is 0 Å². The number of halogens is 4. The van der Waals surface area contributed by atoms with Crippen molar-refractivity contribution >= 4 is 50.7 Å². The molecular formula is C20H18Cl2F2N6O2S. The molecule has 3 heterocycles. The van der Waals surface area contributed by atoms with E-state index in [4.69, 9.17) is 33.7 Å². The highest BCUT2D eigenvalue weighted by atomic mass is 35.5. The molecule has 8 nitrogen and oxygen atoms in total. The smallest absolute Gasteiger partial charge is 0.250 e. The summed E-state index contributed by atoms with van der Waals surface area (Å²) < 4.78 is 32.7. The van der Waals surface area contributed by atoms with Gasteiger partial charge in [0.1, 0.15) is 23.4 Å². The van der Waals surface area contributed by atoms with Crippen molar-refractivity contribution in [3.8, 4) is 17.0 Å². The van der Waals surface area contributed by atoms with Crippen LogP contribution in [-0.4, -0.2) is 44.4 Å². The fourth-order valence-electron chi connectivity index (χ4n) is 3.16. The molecule has 0 spiro atoms. The number of rotatable bonds is 9. The lowest BCUT2D eigenvalue weighted by Crippen LogP contribution is -2.25. The van der Waals surface area contributed by atoms with Crippen LogP contribution >= 0.6 is 34.5 Å². The fourth-order valence-corrected chi connectivity index (χ4v) is 4.72. The van der Waals surface area contributed by atoms with Gasteiger partial charge < -0.3 is 15.6 Å². The number of fused-ring (bicyclic) bond motifs is 1. The van der Waals surface area contributed by atoms with Gasteiger partial charge >= 0.3 is 0 Å². The quantitative estimate of drug-likeness (QED) is 0.284. The van der Waals surface area contributed by atoms with Crippen molar-refractivity contribution in [3.05, 3.63) is 51.6 Å². The van der Waals surface area contributed by atoms with Gasteiger partial charge in [-0.15, -0.1) is 11.3 Å². The Labute approximate surface area is 200 Å². The van der Waals surface area contributed by atoms with Crippen LogP contribution in [0.1, 0.15) is 11.1 Å². The molecule has 0 aliphatic heterocycles. The molecule has 0 bridgehead atoms. The average molecular weight is 515 g/mol. The number of hydrogen-bond donors (Lipinski definition) is 3. The first-order valence-corrected chi connectivity index (χ1v) is 11.2. The fraction of sp³-hybridized carbons (Fsp3) is 0.250. The maximum absolute atomic E-state index is 12.5. The normalized spacial score (nSPS) is 12.5. The second-order valence-electron chi connectivity index (χ2n) is 6.88. The number of aliphatic hydroxyl groups excluding tert-OH is 1. The monoisotopic (exact) mass is 514 g/mol. The van der Waals surface area contributed by atoms with E-state index in [1.54, 1.807) is 35.1 Å². The second kappa shape index (κ2) is 10.1. The summed E-state index contributed by atoms with van der Waals surface area (Å²) >= 11 is 13.8. The van der Waals surface area contributed by atoms with Crippen LogP contribution in [0, 0.1) is 0 Å². The van der Waals surface area contributed by atoms with Crippen molar-refractivity contribution in [2.24, 2.45) is 0 Å². The summed E-state index contributed by atoms with van der Waals surface area (Å²) in [7, 11) is 0. The molecule has 0 saturated heterocycles. The molecule has 1 atom stereocenters. The summed E-state index contributed by atoms with van der Waals surface area (Å²) in [6.07, 6.45) is -0.433. The summed E-state index contributed by atoms with van der Waals surface area (Å²) in [6.45, 7) is 0.107. The highest BCUT2D eigenvalue weighted by molar-refractivity contribution is 7.18. The number of ether oxygens (including phenoxy) is 1. The van der Waals surface area contributed by atoms with Gasteiger partial charge in [0.25, 0.3) is 6.43 Å². The Kier molecular flexibility index (Phi) is 7.25. The summed E-state index contributed by atoms with van der Waals surface area (Å²) in [4.78, 5) is 9.39. The molecule has 0 aliphatic rings. The number of thiophene rings is 1. The van der Waals surface area contributed by atoms with Gasteiger partial charge in [-0.2, -0.15) is 5.10 Å². The first-order chi connectivity index (χ1) is 15.8. The van der Waals surface area contributed by atoms with Gasteiger partial charge in [-0.1, -0.05) is 23.2 Å². The molecule has 0 fully saturated rings. The van der Waals surface area contributed by atoms with Crippen molar-refractivity contribution in [2.45, 2.75) is 19.2 Å². The Bertz CT molecular complexity index is 1260. The lowest BCUT2D eigenvalue weighted by molar-refractivity contribution is 0.0906. The van der Waals surface area contributed by atoms with E-state index in [1.165, 1.54) is 0 Å². The van der Waals surface area contributed by atoms with Crippen LogP contribution in [0.15, 0.2) is 36.7 Å². The molecule has 4 N–H and O–H groups in total. The maximum atomic E-state index is 12.5. The predicted molar refractivity (Wildman–Crippen MR) is 124 cm³/mol. The number of nitrogen functional groups attached to an aromatic ring is 1. The number of nitrogens with zero attached hydrogens (tertiary/aromatic N) is 4. The Balaban J connectivity index is 1.72. The highest BCUT2D eigenvalue weighted by Crippen LogP contribution is 2.43. The molecule has 1 unspecified atom stereocenters. The van der Waals surface area contributed by atoms with Crippen LogP contribution in [0.4, 0.5) is 14.7 Å². The molecular weight excluding hydrogens is 497 g/mol. The SMILES string of the molecule is Nc1nc(-c2c(Cl)cc(Cl)cc2OCCn2cccn2)c2cc(C(O)NCC(F)F)sc2n1. The van der Waals surface area contributed by atoms with Crippen LogP contribution in [-0.2, 0) is 6.54 Å². The van der Waals surface area contributed by atoms with Crippen molar-refractivity contribution in [1.82, 2.24) is 25.1 Å². The van der Waals surface area contributed by atoms with Gasteiger partial charge in [-0.3, -0.25) is 10.00 Å². The Morgan fingerprint density at radius 3 is 2.79 bits per heavy atom. The second-order valence-corrected chi connectivity index (χ2v) is 8.78. The average Bonchev–Trinajstić information content (AvgIpc) is 3.41. The van der Waals surface area contributed by atoms with Crippen molar-refractivity contribution < 1.29 is 18.6 Å².